The van der Waals surface area contributed by atoms with E-state index in [1.54, 1.807) is 18.2 Å². The van der Waals surface area contributed by atoms with E-state index in [1.807, 2.05) is 30.3 Å². The molecule has 5 rings (SSSR count). The summed E-state index contributed by atoms with van der Waals surface area (Å²) in [6, 6.07) is 27.9. The number of phenols is 1. The van der Waals surface area contributed by atoms with Crippen LogP contribution in [0.1, 0.15) is 49.1 Å². The van der Waals surface area contributed by atoms with Gasteiger partial charge in [-0.1, -0.05) is 42.5 Å². The number of anilines is 3. The fourth-order valence-corrected chi connectivity index (χ4v) is 4.71. The molecule has 0 atom stereocenters. The van der Waals surface area contributed by atoms with Crippen molar-refractivity contribution in [3.8, 4) is 17.2 Å². The van der Waals surface area contributed by atoms with Gasteiger partial charge in [0, 0.05) is 18.1 Å². The van der Waals surface area contributed by atoms with Gasteiger partial charge in [-0.25, -0.2) is 9.18 Å². The highest BCUT2D eigenvalue weighted by Gasteiger charge is 2.18. The maximum atomic E-state index is 13.5. The molecule has 0 fully saturated rings. The lowest BCUT2D eigenvalue weighted by atomic mass is 10.1. The predicted molar refractivity (Wildman–Crippen MR) is 184 cm³/mol. The number of benzene rings is 5. The summed E-state index contributed by atoms with van der Waals surface area (Å²) in [4.78, 5) is 50.4. The molecule has 0 saturated carbocycles. The average Bonchev–Trinajstić information content (AvgIpc) is 3.12. The maximum Gasteiger partial charge on any atom is 0.337 e. The average molecular weight is 678 g/mol. The molecule has 0 aliphatic carbocycles. The van der Waals surface area contributed by atoms with Crippen molar-refractivity contribution in [3.05, 3.63) is 143 Å². The van der Waals surface area contributed by atoms with Gasteiger partial charge in [0.1, 0.15) is 36.3 Å². The second kappa shape index (κ2) is 15.9. The molecular weight excluding hydrogens is 645 g/mol. The summed E-state index contributed by atoms with van der Waals surface area (Å²) >= 11 is 0. The third-order valence-electron chi connectivity index (χ3n) is 7.26. The van der Waals surface area contributed by atoms with E-state index in [1.165, 1.54) is 68.6 Å². The van der Waals surface area contributed by atoms with Crippen LogP contribution in [0.15, 0.2) is 109 Å². The first-order valence-electron chi connectivity index (χ1n) is 15.2. The Hall–Kier alpha value is -6.69. The second-order valence-corrected chi connectivity index (χ2v) is 10.9. The first-order chi connectivity index (χ1) is 24.1. The third-order valence-corrected chi connectivity index (χ3v) is 7.26. The van der Waals surface area contributed by atoms with Crippen molar-refractivity contribution in [2.45, 2.75) is 20.1 Å². The molecule has 0 radical (unpaired) electrons. The SMILES string of the molecule is COC(=O)c1ccc(NC(=O)c2ccc(NC(=O)c3ccc(NC(C)=O)c(OCc4ccccc4)c3)c(OCc3ccc(F)cc3)c2)c(O)c1. The Morgan fingerprint density at radius 2 is 1.12 bits per heavy atom. The van der Waals surface area contributed by atoms with Crippen LogP contribution < -0.4 is 25.4 Å². The van der Waals surface area contributed by atoms with E-state index in [2.05, 4.69) is 20.7 Å². The molecule has 12 heteroatoms. The van der Waals surface area contributed by atoms with E-state index in [4.69, 9.17) is 9.47 Å². The molecule has 11 nitrogen and oxygen atoms in total. The number of esters is 1. The van der Waals surface area contributed by atoms with Crippen LogP contribution in [0.3, 0.4) is 0 Å². The van der Waals surface area contributed by atoms with Gasteiger partial charge in [-0.15, -0.1) is 0 Å². The van der Waals surface area contributed by atoms with Gasteiger partial charge >= 0.3 is 5.97 Å². The number of amides is 3. The topological polar surface area (TPSA) is 152 Å². The van der Waals surface area contributed by atoms with E-state index < -0.39 is 23.6 Å². The molecule has 0 bridgehead atoms. The number of ether oxygens (including phenoxy) is 3. The summed E-state index contributed by atoms with van der Waals surface area (Å²) in [5.41, 5.74) is 2.58. The lowest BCUT2D eigenvalue weighted by Crippen LogP contribution is -2.16. The fraction of sp³-hybridized carbons (Fsp3) is 0.105. The summed E-state index contributed by atoms with van der Waals surface area (Å²) in [5.74, 6) is -2.50. The van der Waals surface area contributed by atoms with Crippen LogP contribution in [0.25, 0.3) is 0 Å². The van der Waals surface area contributed by atoms with Gasteiger partial charge in [0.15, 0.2) is 0 Å². The molecule has 0 aliphatic rings. The Labute approximate surface area is 286 Å². The summed E-state index contributed by atoms with van der Waals surface area (Å²) in [7, 11) is 1.21. The quantitative estimate of drug-likeness (QED) is 0.0819. The zero-order valence-electron chi connectivity index (χ0n) is 27.0. The van der Waals surface area contributed by atoms with E-state index in [0.717, 1.165) is 11.6 Å². The Balaban J connectivity index is 1.39. The molecular formula is C38H32FN3O8. The molecule has 4 N–H and O–H groups in total. The van der Waals surface area contributed by atoms with E-state index in [0.29, 0.717) is 11.3 Å². The Bertz CT molecular complexity index is 2030. The minimum absolute atomic E-state index is 0.0209. The minimum Gasteiger partial charge on any atom is -0.506 e. The predicted octanol–water partition coefficient (Wildman–Crippen LogP) is 6.94. The van der Waals surface area contributed by atoms with Gasteiger partial charge in [-0.05, 0) is 77.9 Å². The number of hydrogen-bond donors (Lipinski definition) is 4. The van der Waals surface area contributed by atoms with Gasteiger partial charge in [0.05, 0.1) is 29.7 Å². The smallest absolute Gasteiger partial charge is 0.337 e. The number of halogens is 1. The molecule has 50 heavy (non-hydrogen) atoms. The third kappa shape index (κ3) is 9.01. The summed E-state index contributed by atoms with van der Waals surface area (Å²) < 4.78 is 30.1. The van der Waals surface area contributed by atoms with Gasteiger partial charge in [-0.3, -0.25) is 14.4 Å². The molecule has 5 aromatic rings. The highest BCUT2D eigenvalue weighted by Crippen LogP contribution is 2.31. The Morgan fingerprint density at radius 1 is 0.620 bits per heavy atom. The van der Waals surface area contributed by atoms with E-state index >= 15 is 0 Å². The molecule has 3 amide bonds. The summed E-state index contributed by atoms with van der Waals surface area (Å²) in [5, 5.41) is 18.5. The number of hydrogen-bond acceptors (Lipinski definition) is 8. The van der Waals surface area contributed by atoms with Crippen molar-refractivity contribution in [3.63, 3.8) is 0 Å². The van der Waals surface area contributed by atoms with Crippen LogP contribution in [0.2, 0.25) is 0 Å². The minimum atomic E-state index is -0.654. The van der Waals surface area contributed by atoms with Crippen LogP contribution in [0.5, 0.6) is 17.2 Å². The highest BCUT2D eigenvalue weighted by atomic mass is 19.1. The summed E-state index contributed by atoms with van der Waals surface area (Å²) in [6.07, 6.45) is 0. The number of methoxy groups -OCH3 is 1. The largest absolute Gasteiger partial charge is 0.506 e. The Kier molecular flexibility index (Phi) is 11.0. The van der Waals surface area contributed by atoms with Crippen molar-refractivity contribution >= 4 is 40.8 Å². The first kappa shape index (κ1) is 34.6. The number of nitrogens with one attached hydrogen (secondary N) is 3. The number of phenolic OH excluding ortho intramolecular Hbond substituents is 1. The second-order valence-electron chi connectivity index (χ2n) is 10.9. The number of rotatable bonds is 12. The van der Waals surface area contributed by atoms with Crippen LogP contribution >= 0.6 is 0 Å². The molecule has 0 aromatic heterocycles. The van der Waals surface area contributed by atoms with Crippen molar-refractivity contribution < 1.29 is 42.9 Å². The zero-order chi connectivity index (χ0) is 35.6. The Morgan fingerprint density at radius 3 is 1.66 bits per heavy atom. The van der Waals surface area contributed by atoms with Gasteiger partial charge < -0.3 is 35.3 Å². The van der Waals surface area contributed by atoms with Crippen LogP contribution in [0.4, 0.5) is 21.5 Å². The molecule has 5 aromatic carbocycles. The zero-order valence-corrected chi connectivity index (χ0v) is 27.0. The van der Waals surface area contributed by atoms with E-state index in [-0.39, 0.29) is 64.4 Å². The van der Waals surface area contributed by atoms with Crippen LogP contribution in [-0.4, -0.2) is 35.9 Å². The van der Waals surface area contributed by atoms with Crippen molar-refractivity contribution in [1.82, 2.24) is 0 Å². The monoisotopic (exact) mass is 677 g/mol. The molecule has 0 heterocycles. The van der Waals surface area contributed by atoms with Crippen LogP contribution in [0, 0.1) is 5.82 Å². The van der Waals surface area contributed by atoms with Gasteiger partial charge in [0.25, 0.3) is 11.8 Å². The molecule has 0 spiro atoms. The molecule has 0 unspecified atom stereocenters. The summed E-state index contributed by atoms with van der Waals surface area (Å²) in [6.45, 7) is 1.53. The number of carbonyl (C=O) groups excluding carboxylic acids is 4. The number of aromatic hydroxyl groups is 1. The van der Waals surface area contributed by atoms with Crippen molar-refractivity contribution in [2.75, 3.05) is 23.1 Å². The highest BCUT2D eigenvalue weighted by molar-refractivity contribution is 6.08. The van der Waals surface area contributed by atoms with Crippen molar-refractivity contribution in [2.24, 2.45) is 0 Å². The van der Waals surface area contributed by atoms with Crippen LogP contribution in [-0.2, 0) is 22.7 Å². The van der Waals surface area contributed by atoms with Gasteiger partial charge in [-0.2, -0.15) is 0 Å². The first-order valence-corrected chi connectivity index (χ1v) is 15.2. The maximum absolute atomic E-state index is 13.5. The molecule has 254 valence electrons. The number of carbonyl (C=O) groups is 4. The molecule has 0 saturated heterocycles. The van der Waals surface area contributed by atoms with Gasteiger partial charge in [0.2, 0.25) is 5.91 Å². The lowest BCUT2D eigenvalue weighted by Gasteiger charge is -2.16. The normalized spacial score (nSPS) is 10.5. The van der Waals surface area contributed by atoms with E-state index in [9.17, 15) is 28.7 Å². The fourth-order valence-electron chi connectivity index (χ4n) is 4.71. The standard InChI is InChI=1S/C38H32FN3O8/c1-23(43)40-31-16-10-27(19-34(31)49-21-24-6-4-3-5-7-24)37(46)42-32-17-11-26(20-35(32)50-22-25-8-13-29(39)14-9-25)36(45)41-30-15-12-28(18-33(30)44)38(47)48-2/h3-20,44H,21-22H2,1-2H3,(H,40,43)(H,41,45)(H,42,46). The lowest BCUT2D eigenvalue weighted by molar-refractivity contribution is -0.114. The van der Waals surface area contributed by atoms with Crippen molar-refractivity contribution in [1.29, 1.82) is 0 Å². The molecule has 0 aliphatic heterocycles.